The van der Waals surface area contributed by atoms with Crippen molar-refractivity contribution in [3.63, 3.8) is 0 Å². The normalized spacial score (nSPS) is 32.5. The molecule has 0 heterocycles. The smallest absolute Gasteiger partial charge is 0.0660 e. The second-order valence-corrected chi connectivity index (χ2v) is 7.17. The monoisotopic (exact) mass is 255 g/mol. The fourth-order valence-corrected chi connectivity index (χ4v) is 3.05. The quantitative estimate of drug-likeness (QED) is 0.713. The average molecular weight is 255 g/mol. The lowest BCUT2D eigenvalue weighted by atomic mass is 9.69. The highest BCUT2D eigenvalue weighted by atomic mass is 16.3. The molecular weight excluding hydrogens is 222 g/mol. The molecule has 1 fully saturated rings. The third-order valence-corrected chi connectivity index (χ3v) is 4.84. The lowest BCUT2D eigenvalue weighted by Crippen LogP contribution is -2.41. The number of aliphatic hydroxyl groups is 1. The van der Waals surface area contributed by atoms with E-state index >= 15 is 0 Å². The van der Waals surface area contributed by atoms with E-state index in [0.29, 0.717) is 11.8 Å². The van der Waals surface area contributed by atoms with Gasteiger partial charge in [0.05, 0.1) is 5.60 Å². The Hall–Kier alpha value is -0.0800. The Balaban J connectivity index is 2.33. The van der Waals surface area contributed by atoms with Crippen molar-refractivity contribution in [2.24, 2.45) is 23.7 Å². The lowest BCUT2D eigenvalue weighted by Gasteiger charge is -2.40. The lowest BCUT2D eigenvalue weighted by molar-refractivity contribution is -0.0378. The molecule has 0 amide bonds. The summed E-state index contributed by atoms with van der Waals surface area (Å²) in [6.07, 6.45) is 4.55. The molecule has 0 aliphatic heterocycles. The van der Waals surface area contributed by atoms with Crippen LogP contribution in [0.1, 0.15) is 60.3 Å². The Labute approximate surface area is 114 Å². The van der Waals surface area contributed by atoms with Gasteiger partial charge in [-0.3, -0.25) is 0 Å². The van der Waals surface area contributed by atoms with Gasteiger partial charge in [0.15, 0.2) is 0 Å². The van der Waals surface area contributed by atoms with Crippen LogP contribution < -0.4 is 5.32 Å². The van der Waals surface area contributed by atoms with Crippen LogP contribution in [0.5, 0.6) is 0 Å². The molecule has 18 heavy (non-hydrogen) atoms. The molecular formula is C16H33NO. The van der Waals surface area contributed by atoms with Crippen molar-refractivity contribution < 1.29 is 5.11 Å². The van der Waals surface area contributed by atoms with Crippen LogP contribution in [-0.2, 0) is 0 Å². The largest absolute Gasteiger partial charge is 0.390 e. The fraction of sp³-hybridized carbons (Fsp3) is 1.00. The Kier molecular flexibility index (Phi) is 6.13. The van der Waals surface area contributed by atoms with Crippen molar-refractivity contribution in [2.75, 3.05) is 13.1 Å². The summed E-state index contributed by atoms with van der Waals surface area (Å²) >= 11 is 0. The second kappa shape index (κ2) is 6.91. The van der Waals surface area contributed by atoms with Gasteiger partial charge in [-0.2, -0.15) is 0 Å². The predicted molar refractivity (Wildman–Crippen MR) is 78.6 cm³/mol. The van der Waals surface area contributed by atoms with Crippen molar-refractivity contribution in [3.05, 3.63) is 0 Å². The summed E-state index contributed by atoms with van der Waals surface area (Å²) in [6, 6.07) is 0. The van der Waals surface area contributed by atoms with Crippen molar-refractivity contribution in [1.82, 2.24) is 5.32 Å². The van der Waals surface area contributed by atoms with Crippen molar-refractivity contribution in [1.29, 1.82) is 0 Å². The molecule has 0 aromatic rings. The maximum absolute atomic E-state index is 10.7. The van der Waals surface area contributed by atoms with E-state index in [9.17, 15) is 5.11 Å². The minimum atomic E-state index is -0.488. The number of nitrogens with one attached hydrogen (secondary N) is 1. The minimum Gasteiger partial charge on any atom is -0.390 e. The van der Waals surface area contributed by atoms with Gasteiger partial charge in [-0.15, -0.1) is 0 Å². The number of hydrogen-bond acceptors (Lipinski definition) is 2. The van der Waals surface area contributed by atoms with Gasteiger partial charge in [-0.1, -0.05) is 34.1 Å². The number of rotatable bonds is 6. The van der Waals surface area contributed by atoms with Gasteiger partial charge in [-0.25, -0.2) is 0 Å². The molecule has 2 N–H and O–H groups in total. The summed E-state index contributed by atoms with van der Waals surface area (Å²) in [4.78, 5) is 0. The van der Waals surface area contributed by atoms with Gasteiger partial charge in [0, 0.05) is 0 Å². The van der Waals surface area contributed by atoms with Crippen molar-refractivity contribution >= 4 is 0 Å². The molecule has 0 bridgehead atoms. The predicted octanol–water partition coefficient (Wildman–Crippen LogP) is 3.45. The number of hydrogen-bond donors (Lipinski definition) is 2. The van der Waals surface area contributed by atoms with Crippen molar-refractivity contribution in [3.8, 4) is 0 Å². The molecule has 1 saturated carbocycles. The van der Waals surface area contributed by atoms with Gasteiger partial charge in [0.1, 0.15) is 0 Å². The van der Waals surface area contributed by atoms with Gasteiger partial charge in [-0.05, 0) is 62.9 Å². The van der Waals surface area contributed by atoms with Crippen molar-refractivity contribution in [2.45, 2.75) is 65.9 Å². The third kappa shape index (κ3) is 4.89. The molecule has 0 aromatic heterocycles. The van der Waals surface area contributed by atoms with Crippen LogP contribution in [0, 0.1) is 23.7 Å². The zero-order chi connectivity index (χ0) is 13.8. The summed E-state index contributed by atoms with van der Waals surface area (Å²) in [7, 11) is 0. The first-order valence-corrected chi connectivity index (χ1v) is 7.76. The molecule has 0 aromatic carbocycles. The maximum Gasteiger partial charge on any atom is 0.0660 e. The van der Waals surface area contributed by atoms with E-state index in [1.165, 1.54) is 19.3 Å². The van der Waals surface area contributed by atoms with Crippen LogP contribution in [0.2, 0.25) is 0 Å². The minimum absolute atomic E-state index is 0.488. The maximum atomic E-state index is 10.7. The van der Waals surface area contributed by atoms with E-state index in [4.69, 9.17) is 0 Å². The Morgan fingerprint density at radius 3 is 2.44 bits per heavy atom. The zero-order valence-electron chi connectivity index (χ0n) is 13.0. The first kappa shape index (κ1) is 16.0. The molecule has 1 aliphatic rings. The van der Waals surface area contributed by atoms with Gasteiger partial charge >= 0.3 is 0 Å². The molecule has 4 unspecified atom stereocenters. The van der Waals surface area contributed by atoms with Crippen LogP contribution in [0.3, 0.4) is 0 Å². The Morgan fingerprint density at radius 1 is 1.22 bits per heavy atom. The molecule has 108 valence electrons. The summed E-state index contributed by atoms with van der Waals surface area (Å²) in [5.41, 5.74) is -0.488. The first-order chi connectivity index (χ1) is 8.33. The van der Waals surface area contributed by atoms with Crippen LogP contribution in [0.15, 0.2) is 0 Å². The van der Waals surface area contributed by atoms with E-state index in [1.807, 2.05) is 6.92 Å². The highest BCUT2D eigenvalue weighted by Crippen LogP contribution is 2.39. The standard InChI is InChI=1S/C16H33NO/c1-12(2)11-17-9-8-16(5,18)15-7-6-13(3)14(4)10-15/h12-15,17-18H,6-11H2,1-5H3. The van der Waals surface area contributed by atoms with E-state index in [0.717, 1.165) is 31.3 Å². The molecule has 0 saturated heterocycles. The SMILES string of the molecule is CC(C)CNCCC(C)(O)C1CCC(C)C(C)C1. The summed E-state index contributed by atoms with van der Waals surface area (Å²) in [6.45, 7) is 13.1. The first-order valence-electron chi connectivity index (χ1n) is 7.76. The van der Waals surface area contributed by atoms with E-state index in [2.05, 4.69) is 33.0 Å². The fourth-order valence-electron chi connectivity index (χ4n) is 3.05. The summed E-state index contributed by atoms with van der Waals surface area (Å²) in [5.74, 6) is 2.77. The van der Waals surface area contributed by atoms with E-state index in [1.54, 1.807) is 0 Å². The molecule has 1 rings (SSSR count). The second-order valence-electron chi connectivity index (χ2n) is 7.17. The third-order valence-electron chi connectivity index (χ3n) is 4.84. The van der Waals surface area contributed by atoms with E-state index in [-0.39, 0.29) is 0 Å². The van der Waals surface area contributed by atoms with E-state index < -0.39 is 5.60 Å². The molecule has 2 heteroatoms. The topological polar surface area (TPSA) is 32.3 Å². The highest BCUT2D eigenvalue weighted by Gasteiger charge is 2.36. The Morgan fingerprint density at radius 2 is 1.89 bits per heavy atom. The van der Waals surface area contributed by atoms with Gasteiger partial charge in [0.2, 0.25) is 0 Å². The molecule has 2 nitrogen and oxygen atoms in total. The van der Waals surface area contributed by atoms with Gasteiger partial charge < -0.3 is 10.4 Å². The summed E-state index contributed by atoms with van der Waals surface area (Å²) in [5, 5.41) is 14.1. The molecule has 0 radical (unpaired) electrons. The zero-order valence-corrected chi connectivity index (χ0v) is 13.0. The Bertz CT molecular complexity index is 237. The molecule has 4 atom stereocenters. The highest BCUT2D eigenvalue weighted by molar-refractivity contribution is 4.88. The van der Waals surface area contributed by atoms with Gasteiger partial charge in [0.25, 0.3) is 0 Å². The molecule has 0 spiro atoms. The van der Waals surface area contributed by atoms with Crippen LogP contribution in [-0.4, -0.2) is 23.8 Å². The molecule has 1 aliphatic carbocycles. The van der Waals surface area contributed by atoms with Crippen LogP contribution in [0.4, 0.5) is 0 Å². The average Bonchev–Trinajstić information content (AvgIpc) is 2.28. The van der Waals surface area contributed by atoms with Crippen LogP contribution >= 0.6 is 0 Å². The van der Waals surface area contributed by atoms with Crippen LogP contribution in [0.25, 0.3) is 0 Å². The summed E-state index contributed by atoms with van der Waals surface area (Å²) < 4.78 is 0.